The molecule has 0 aromatic heterocycles. The van der Waals surface area contributed by atoms with Gasteiger partial charge in [0.1, 0.15) is 0 Å². The number of carbonyl (C=O) groups excluding carboxylic acids is 1. The zero-order valence-electron chi connectivity index (χ0n) is 7.25. The summed E-state index contributed by atoms with van der Waals surface area (Å²) in [5.41, 5.74) is 1.31. The minimum atomic E-state index is 0.236. The molecule has 1 saturated heterocycles. The molecular formula is C9H13NOS. The summed E-state index contributed by atoms with van der Waals surface area (Å²) in [4.78, 5) is 13.2. The standard InChI is InChI=1S/C9H13NOS/c1-6-3-4-7-8(5-6)12-9(11)10(7)2/h7-8H,1,3-5H2,2H3. The fourth-order valence-electron chi connectivity index (χ4n) is 1.97. The van der Waals surface area contributed by atoms with Crippen molar-refractivity contribution in [3.05, 3.63) is 12.2 Å². The van der Waals surface area contributed by atoms with Crippen molar-refractivity contribution < 1.29 is 4.79 Å². The van der Waals surface area contributed by atoms with Crippen LogP contribution in [-0.4, -0.2) is 28.5 Å². The van der Waals surface area contributed by atoms with Crippen LogP contribution in [0.1, 0.15) is 19.3 Å². The third-order valence-electron chi connectivity index (χ3n) is 2.75. The van der Waals surface area contributed by atoms with Gasteiger partial charge in [-0.3, -0.25) is 4.79 Å². The number of carbonyl (C=O) groups is 1. The summed E-state index contributed by atoms with van der Waals surface area (Å²) < 4.78 is 0. The number of hydrogen-bond acceptors (Lipinski definition) is 2. The molecular weight excluding hydrogens is 170 g/mol. The lowest BCUT2D eigenvalue weighted by Crippen LogP contribution is -2.35. The lowest BCUT2D eigenvalue weighted by atomic mass is 9.91. The predicted octanol–water partition coefficient (Wildman–Crippen LogP) is 2.26. The lowest BCUT2D eigenvalue weighted by Gasteiger charge is -2.28. The Morgan fingerprint density at radius 1 is 1.67 bits per heavy atom. The molecule has 3 heteroatoms. The quantitative estimate of drug-likeness (QED) is 0.537. The molecule has 2 unspecified atom stereocenters. The highest BCUT2D eigenvalue weighted by Gasteiger charge is 2.40. The van der Waals surface area contributed by atoms with Crippen molar-refractivity contribution in [2.45, 2.75) is 30.6 Å². The van der Waals surface area contributed by atoms with Crippen LogP contribution in [0.3, 0.4) is 0 Å². The zero-order valence-corrected chi connectivity index (χ0v) is 8.06. The fourth-order valence-corrected chi connectivity index (χ4v) is 3.33. The van der Waals surface area contributed by atoms with Gasteiger partial charge in [-0.25, -0.2) is 0 Å². The van der Waals surface area contributed by atoms with Gasteiger partial charge in [0.15, 0.2) is 0 Å². The molecule has 0 radical (unpaired) electrons. The molecule has 0 aromatic rings. The van der Waals surface area contributed by atoms with E-state index in [1.807, 2.05) is 11.9 Å². The number of fused-ring (bicyclic) bond motifs is 1. The second-order valence-electron chi connectivity index (χ2n) is 3.59. The molecule has 2 fully saturated rings. The van der Waals surface area contributed by atoms with Gasteiger partial charge < -0.3 is 4.90 Å². The van der Waals surface area contributed by atoms with Crippen LogP contribution in [-0.2, 0) is 0 Å². The van der Waals surface area contributed by atoms with Gasteiger partial charge in [-0.1, -0.05) is 23.9 Å². The molecule has 0 bridgehead atoms. The minimum Gasteiger partial charge on any atom is -0.333 e. The highest BCUT2D eigenvalue weighted by atomic mass is 32.2. The Kier molecular flexibility index (Phi) is 1.91. The summed E-state index contributed by atoms with van der Waals surface area (Å²) in [7, 11) is 1.91. The third kappa shape index (κ3) is 1.16. The van der Waals surface area contributed by atoms with E-state index < -0.39 is 0 Å². The highest BCUT2D eigenvalue weighted by molar-refractivity contribution is 8.14. The molecule has 1 amide bonds. The molecule has 0 N–H and O–H groups in total. The second kappa shape index (κ2) is 2.80. The number of amides is 1. The maximum absolute atomic E-state index is 11.3. The van der Waals surface area contributed by atoms with Crippen molar-refractivity contribution in [2.75, 3.05) is 7.05 Å². The summed E-state index contributed by atoms with van der Waals surface area (Å²) in [5.74, 6) is 0. The van der Waals surface area contributed by atoms with Gasteiger partial charge in [0.2, 0.25) is 0 Å². The first-order chi connectivity index (χ1) is 5.68. The molecule has 66 valence electrons. The van der Waals surface area contributed by atoms with Crippen LogP contribution in [0.2, 0.25) is 0 Å². The second-order valence-corrected chi connectivity index (χ2v) is 4.78. The van der Waals surface area contributed by atoms with E-state index in [9.17, 15) is 4.79 Å². The molecule has 2 aliphatic rings. The van der Waals surface area contributed by atoms with Gasteiger partial charge in [0.25, 0.3) is 5.24 Å². The summed E-state index contributed by atoms with van der Waals surface area (Å²) >= 11 is 1.49. The van der Waals surface area contributed by atoms with E-state index in [4.69, 9.17) is 0 Å². The Morgan fingerprint density at radius 3 is 3.17 bits per heavy atom. The van der Waals surface area contributed by atoms with E-state index in [0.717, 1.165) is 19.3 Å². The van der Waals surface area contributed by atoms with Crippen molar-refractivity contribution in [1.82, 2.24) is 4.90 Å². The van der Waals surface area contributed by atoms with Crippen molar-refractivity contribution in [2.24, 2.45) is 0 Å². The molecule has 2 rings (SSSR count). The molecule has 12 heavy (non-hydrogen) atoms. The Hall–Kier alpha value is -0.440. The Bertz CT molecular complexity index is 237. The maximum Gasteiger partial charge on any atom is 0.282 e. The van der Waals surface area contributed by atoms with Crippen molar-refractivity contribution in [1.29, 1.82) is 0 Å². The van der Waals surface area contributed by atoms with Crippen LogP contribution in [0, 0.1) is 0 Å². The number of nitrogens with zero attached hydrogens (tertiary/aromatic N) is 1. The van der Waals surface area contributed by atoms with Crippen molar-refractivity contribution in [3.8, 4) is 0 Å². The van der Waals surface area contributed by atoms with Crippen molar-refractivity contribution in [3.63, 3.8) is 0 Å². The first-order valence-corrected chi connectivity index (χ1v) is 5.16. The van der Waals surface area contributed by atoms with Gasteiger partial charge in [-0.15, -0.1) is 0 Å². The molecule has 1 aliphatic carbocycles. The number of allylic oxidation sites excluding steroid dienone is 1. The number of hydrogen-bond donors (Lipinski definition) is 0. The largest absolute Gasteiger partial charge is 0.333 e. The zero-order chi connectivity index (χ0) is 8.72. The Morgan fingerprint density at radius 2 is 2.42 bits per heavy atom. The molecule has 0 spiro atoms. The van der Waals surface area contributed by atoms with E-state index >= 15 is 0 Å². The molecule has 2 nitrogen and oxygen atoms in total. The van der Waals surface area contributed by atoms with Crippen LogP contribution < -0.4 is 0 Å². The van der Waals surface area contributed by atoms with Gasteiger partial charge in [-0.05, 0) is 19.3 Å². The summed E-state index contributed by atoms with van der Waals surface area (Å²) in [6.45, 7) is 3.98. The highest BCUT2D eigenvalue weighted by Crippen LogP contribution is 2.40. The van der Waals surface area contributed by atoms with E-state index in [0.29, 0.717) is 11.3 Å². The first kappa shape index (κ1) is 8.17. The van der Waals surface area contributed by atoms with Crippen LogP contribution in [0.5, 0.6) is 0 Å². The van der Waals surface area contributed by atoms with Gasteiger partial charge in [0.05, 0.1) is 0 Å². The summed E-state index contributed by atoms with van der Waals surface area (Å²) in [6, 6.07) is 0.480. The first-order valence-electron chi connectivity index (χ1n) is 4.28. The lowest BCUT2D eigenvalue weighted by molar-refractivity contribution is 0.214. The van der Waals surface area contributed by atoms with Crippen LogP contribution in [0.15, 0.2) is 12.2 Å². The fraction of sp³-hybridized carbons (Fsp3) is 0.667. The van der Waals surface area contributed by atoms with E-state index in [2.05, 4.69) is 6.58 Å². The normalized spacial score (nSPS) is 35.6. The molecule has 0 aromatic carbocycles. The molecule has 1 aliphatic heterocycles. The average molecular weight is 183 g/mol. The predicted molar refractivity (Wildman–Crippen MR) is 51.3 cm³/mol. The average Bonchev–Trinajstić information content (AvgIpc) is 2.28. The van der Waals surface area contributed by atoms with Crippen molar-refractivity contribution >= 4 is 17.0 Å². The monoisotopic (exact) mass is 183 g/mol. The van der Waals surface area contributed by atoms with E-state index in [1.165, 1.54) is 17.3 Å². The SMILES string of the molecule is C=C1CCC2C(C1)SC(=O)N2C. The Labute approximate surface area is 77.0 Å². The van der Waals surface area contributed by atoms with Gasteiger partial charge in [0, 0.05) is 18.3 Å². The number of rotatable bonds is 0. The van der Waals surface area contributed by atoms with Crippen LogP contribution in [0.25, 0.3) is 0 Å². The summed E-state index contributed by atoms with van der Waals surface area (Å²) in [6.07, 6.45) is 3.24. The number of thioether (sulfide) groups is 1. The Balaban J connectivity index is 2.14. The smallest absolute Gasteiger partial charge is 0.282 e. The van der Waals surface area contributed by atoms with Crippen LogP contribution in [0.4, 0.5) is 4.79 Å². The minimum absolute atomic E-state index is 0.236. The molecule has 1 saturated carbocycles. The van der Waals surface area contributed by atoms with Gasteiger partial charge in [-0.2, -0.15) is 0 Å². The van der Waals surface area contributed by atoms with Gasteiger partial charge >= 0.3 is 0 Å². The van der Waals surface area contributed by atoms with Crippen LogP contribution >= 0.6 is 11.8 Å². The third-order valence-corrected chi connectivity index (χ3v) is 4.02. The molecule has 2 atom stereocenters. The summed E-state index contributed by atoms with van der Waals surface area (Å²) in [5, 5.41) is 0.725. The van der Waals surface area contributed by atoms with E-state index in [-0.39, 0.29) is 5.24 Å². The topological polar surface area (TPSA) is 20.3 Å². The maximum atomic E-state index is 11.3. The van der Waals surface area contributed by atoms with E-state index in [1.54, 1.807) is 0 Å². The molecule has 1 heterocycles.